The molecule has 0 radical (unpaired) electrons. The molecule has 0 aromatic carbocycles. The summed E-state index contributed by atoms with van der Waals surface area (Å²) in [5.41, 5.74) is -0.194. The van der Waals surface area contributed by atoms with Crippen molar-refractivity contribution < 1.29 is 26.4 Å². The van der Waals surface area contributed by atoms with Crippen molar-refractivity contribution in [1.82, 2.24) is 10.6 Å². The first-order chi connectivity index (χ1) is 9.13. The van der Waals surface area contributed by atoms with Crippen LogP contribution in [-0.2, 0) is 29.3 Å². The number of hydrogen-bond acceptors (Lipinski definition) is 6. The van der Waals surface area contributed by atoms with Gasteiger partial charge >= 0.3 is 0 Å². The van der Waals surface area contributed by atoms with Gasteiger partial charge in [0.05, 0.1) is 11.1 Å². The normalized spacial score (nSPS) is 20.2. The van der Waals surface area contributed by atoms with Crippen LogP contribution in [0.4, 0.5) is 0 Å². The molecule has 2 N–H and O–H groups in total. The molecule has 1 aliphatic heterocycles. The molecule has 1 aliphatic rings. The van der Waals surface area contributed by atoms with Crippen molar-refractivity contribution in [2.75, 3.05) is 18.1 Å². The standard InChI is InChI=1S/C10H14N2O6S2/c1-2-11-9(13)6-20(17,18)5-8-3-4-19(15,16)7-10(14)12-8/h3-5H,2,6-7H2,1H3,(H,11,13)(H,12,14)/b8-5+. The Bertz CT molecular complexity index is 673. The lowest BCUT2D eigenvalue weighted by Crippen LogP contribution is -2.30. The fraction of sp³-hybridized carbons (Fsp3) is 0.400. The molecule has 20 heavy (non-hydrogen) atoms. The molecule has 0 fully saturated rings. The van der Waals surface area contributed by atoms with Crippen LogP contribution in [0.1, 0.15) is 6.92 Å². The minimum absolute atomic E-state index is 0.194. The molecule has 1 rings (SSSR count). The van der Waals surface area contributed by atoms with Gasteiger partial charge < -0.3 is 10.6 Å². The maximum Gasteiger partial charge on any atom is 0.239 e. The maximum absolute atomic E-state index is 11.7. The molecule has 0 unspecified atom stereocenters. The lowest BCUT2D eigenvalue weighted by Gasteiger charge is -2.04. The molecule has 8 nitrogen and oxygen atoms in total. The van der Waals surface area contributed by atoms with E-state index in [1.165, 1.54) is 0 Å². The Labute approximate surface area is 116 Å². The predicted octanol–water partition coefficient (Wildman–Crippen LogP) is -1.56. The minimum Gasteiger partial charge on any atom is -0.355 e. The largest absolute Gasteiger partial charge is 0.355 e. The Morgan fingerprint density at radius 1 is 1.50 bits per heavy atom. The molecular weight excluding hydrogens is 308 g/mol. The zero-order chi connectivity index (χ0) is 15.4. The summed E-state index contributed by atoms with van der Waals surface area (Å²) in [6.07, 6.45) is 0.968. The molecule has 0 atom stereocenters. The van der Waals surface area contributed by atoms with E-state index in [0.29, 0.717) is 12.0 Å². The first-order valence-corrected chi connectivity index (χ1v) is 8.98. The molecule has 0 aromatic rings. The van der Waals surface area contributed by atoms with Crippen molar-refractivity contribution >= 4 is 31.5 Å². The smallest absolute Gasteiger partial charge is 0.239 e. The third-order valence-corrected chi connectivity index (χ3v) is 4.58. The second-order valence-corrected chi connectivity index (χ2v) is 7.73. The Kier molecular flexibility index (Phi) is 5.06. The molecule has 0 saturated carbocycles. The van der Waals surface area contributed by atoms with Crippen LogP contribution in [0.2, 0.25) is 0 Å². The van der Waals surface area contributed by atoms with E-state index in [-0.39, 0.29) is 5.70 Å². The highest BCUT2D eigenvalue weighted by Crippen LogP contribution is 2.06. The van der Waals surface area contributed by atoms with Crippen molar-refractivity contribution in [1.29, 1.82) is 0 Å². The highest BCUT2D eigenvalue weighted by Gasteiger charge is 2.20. The van der Waals surface area contributed by atoms with Gasteiger partial charge in [0.25, 0.3) is 0 Å². The van der Waals surface area contributed by atoms with E-state index >= 15 is 0 Å². The highest BCUT2D eigenvalue weighted by atomic mass is 32.2. The summed E-state index contributed by atoms with van der Waals surface area (Å²) < 4.78 is 45.9. The lowest BCUT2D eigenvalue weighted by molar-refractivity contribution is -0.119. The number of carbonyl (C=O) groups excluding carboxylic acids is 2. The molecule has 1 heterocycles. The molecular formula is C10H14N2O6S2. The van der Waals surface area contributed by atoms with Crippen LogP contribution in [0.15, 0.2) is 22.6 Å². The van der Waals surface area contributed by atoms with E-state index < -0.39 is 43.0 Å². The van der Waals surface area contributed by atoms with Gasteiger partial charge in [-0.3, -0.25) is 9.59 Å². The van der Waals surface area contributed by atoms with Gasteiger partial charge in [-0.15, -0.1) is 0 Å². The number of rotatable bonds is 4. The van der Waals surface area contributed by atoms with E-state index in [4.69, 9.17) is 0 Å². The van der Waals surface area contributed by atoms with Gasteiger partial charge in [-0.2, -0.15) is 0 Å². The SMILES string of the molecule is CCNC(=O)CS(=O)(=O)/C=C1\C=CS(=O)(=O)CC(=O)N1. The van der Waals surface area contributed by atoms with Crippen molar-refractivity contribution in [3.63, 3.8) is 0 Å². The molecule has 0 spiro atoms. The Morgan fingerprint density at radius 2 is 2.15 bits per heavy atom. The first kappa shape index (κ1) is 16.4. The third-order valence-electron chi connectivity index (χ3n) is 2.08. The topological polar surface area (TPSA) is 126 Å². The minimum atomic E-state index is -3.91. The quantitative estimate of drug-likeness (QED) is 0.644. The number of amides is 2. The molecule has 0 bridgehead atoms. The fourth-order valence-electron chi connectivity index (χ4n) is 1.38. The van der Waals surface area contributed by atoms with Crippen LogP contribution < -0.4 is 10.6 Å². The molecule has 0 saturated heterocycles. The molecule has 0 aromatic heterocycles. The number of carbonyl (C=O) groups is 2. The van der Waals surface area contributed by atoms with Crippen LogP contribution in [0, 0.1) is 0 Å². The molecule has 10 heteroatoms. The Morgan fingerprint density at radius 3 is 2.75 bits per heavy atom. The molecule has 2 amide bonds. The van der Waals surface area contributed by atoms with Crippen molar-refractivity contribution in [2.24, 2.45) is 0 Å². The highest BCUT2D eigenvalue weighted by molar-refractivity contribution is 7.95. The van der Waals surface area contributed by atoms with Gasteiger partial charge in [-0.05, 0) is 13.0 Å². The van der Waals surface area contributed by atoms with Gasteiger partial charge in [-0.1, -0.05) is 0 Å². The Hall–Kier alpha value is -1.68. The summed E-state index contributed by atoms with van der Waals surface area (Å²) >= 11 is 0. The van der Waals surface area contributed by atoms with Gasteiger partial charge in [0.2, 0.25) is 11.8 Å². The first-order valence-electron chi connectivity index (χ1n) is 5.55. The summed E-state index contributed by atoms with van der Waals surface area (Å²) in [6, 6.07) is 0. The number of hydrogen-bond donors (Lipinski definition) is 2. The van der Waals surface area contributed by atoms with Crippen LogP contribution in [0.5, 0.6) is 0 Å². The number of sulfone groups is 2. The van der Waals surface area contributed by atoms with Crippen LogP contribution in [0.3, 0.4) is 0 Å². The van der Waals surface area contributed by atoms with E-state index in [2.05, 4.69) is 10.6 Å². The molecule has 0 aliphatic carbocycles. The van der Waals surface area contributed by atoms with E-state index in [1.54, 1.807) is 6.92 Å². The zero-order valence-corrected chi connectivity index (χ0v) is 12.3. The monoisotopic (exact) mass is 322 g/mol. The van der Waals surface area contributed by atoms with Crippen LogP contribution in [-0.4, -0.2) is 46.7 Å². The van der Waals surface area contributed by atoms with E-state index in [0.717, 1.165) is 11.5 Å². The second-order valence-electron chi connectivity index (χ2n) is 3.99. The average Bonchev–Trinajstić information content (AvgIpc) is 2.35. The summed E-state index contributed by atoms with van der Waals surface area (Å²) in [5, 5.41) is 5.88. The van der Waals surface area contributed by atoms with E-state index in [9.17, 15) is 26.4 Å². The number of allylic oxidation sites excluding steroid dienone is 1. The summed E-state index contributed by atoms with van der Waals surface area (Å²) in [7, 11) is -7.61. The van der Waals surface area contributed by atoms with Gasteiger partial charge in [0.1, 0.15) is 11.5 Å². The number of nitrogens with one attached hydrogen (secondary N) is 2. The fourth-order valence-corrected chi connectivity index (χ4v) is 3.34. The predicted molar refractivity (Wildman–Crippen MR) is 71.6 cm³/mol. The van der Waals surface area contributed by atoms with Crippen LogP contribution in [0.25, 0.3) is 0 Å². The zero-order valence-electron chi connectivity index (χ0n) is 10.6. The lowest BCUT2D eigenvalue weighted by atomic mass is 10.5. The Balaban J connectivity index is 2.98. The summed E-state index contributed by atoms with van der Waals surface area (Å²) in [5.74, 6) is -3.05. The van der Waals surface area contributed by atoms with Crippen molar-refractivity contribution in [3.8, 4) is 0 Å². The second kappa shape index (κ2) is 6.18. The summed E-state index contributed by atoms with van der Waals surface area (Å²) in [4.78, 5) is 22.5. The van der Waals surface area contributed by atoms with Crippen molar-refractivity contribution in [3.05, 3.63) is 22.6 Å². The summed E-state index contributed by atoms with van der Waals surface area (Å²) in [6.45, 7) is 1.93. The average molecular weight is 322 g/mol. The van der Waals surface area contributed by atoms with Crippen LogP contribution >= 0.6 is 0 Å². The molecule has 112 valence electrons. The third kappa shape index (κ3) is 5.53. The van der Waals surface area contributed by atoms with Crippen molar-refractivity contribution in [2.45, 2.75) is 6.92 Å². The maximum atomic E-state index is 11.7. The van der Waals surface area contributed by atoms with Gasteiger partial charge in [-0.25, -0.2) is 16.8 Å². The van der Waals surface area contributed by atoms with E-state index in [1.807, 2.05) is 0 Å². The van der Waals surface area contributed by atoms with Gasteiger partial charge in [0.15, 0.2) is 19.7 Å². The van der Waals surface area contributed by atoms with Gasteiger partial charge in [0, 0.05) is 12.0 Å².